The van der Waals surface area contributed by atoms with Crippen LogP contribution in [0.5, 0.6) is 5.75 Å². The minimum atomic E-state index is -0.407. The number of nitrogens with one attached hydrogen (secondary N) is 2. The van der Waals surface area contributed by atoms with Crippen molar-refractivity contribution < 1.29 is 14.3 Å². The summed E-state index contributed by atoms with van der Waals surface area (Å²) in [7, 11) is 1.59. The predicted molar refractivity (Wildman–Crippen MR) is 119 cm³/mol. The monoisotopic (exact) mass is 400 g/mol. The van der Waals surface area contributed by atoms with Crippen LogP contribution in [0.4, 0.5) is 5.69 Å². The van der Waals surface area contributed by atoms with Gasteiger partial charge < -0.3 is 15.4 Å². The lowest BCUT2D eigenvalue weighted by atomic mass is 10.1. The van der Waals surface area contributed by atoms with Crippen molar-refractivity contribution in [2.24, 2.45) is 0 Å². The first-order chi connectivity index (χ1) is 14.4. The Bertz CT molecular complexity index is 1070. The molecular weight excluding hydrogens is 376 g/mol. The molecule has 2 amide bonds. The van der Waals surface area contributed by atoms with Crippen LogP contribution >= 0.6 is 0 Å². The van der Waals surface area contributed by atoms with Gasteiger partial charge in [-0.1, -0.05) is 47.5 Å². The van der Waals surface area contributed by atoms with Crippen molar-refractivity contribution in [1.29, 1.82) is 0 Å². The molecule has 0 spiro atoms. The summed E-state index contributed by atoms with van der Waals surface area (Å²) in [5.74, 6) is -0.0465. The summed E-state index contributed by atoms with van der Waals surface area (Å²) in [6.45, 7) is 3.89. The Morgan fingerprint density at radius 3 is 2.20 bits per heavy atom. The van der Waals surface area contributed by atoms with E-state index in [1.54, 1.807) is 37.5 Å². The van der Waals surface area contributed by atoms with Crippen LogP contribution in [0.15, 0.2) is 78.5 Å². The molecule has 5 nitrogen and oxygen atoms in total. The number of carbonyl (C=O) groups is 2. The van der Waals surface area contributed by atoms with E-state index in [0.29, 0.717) is 17.0 Å². The highest BCUT2D eigenvalue weighted by molar-refractivity contribution is 6.10. The molecule has 0 unspecified atom stereocenters. The molecule has 30 heavy (non-hydrogen) atoms. The van der Waals surface area contributed by atoms with Crippen LogP contribution in [0.3, 0.4) is 0 Å². The van der Waals surface area contributed by atoms with E-state index in [-0.39, 0.29) is 11.6 Å². The zero-order valence-corrected chi connectivity index (χ0v) is 17.2. The van der Waals surface area contributed by atoms with Crippen molar-refractivity contribution in [1.82, 2.24) is 5.32 Å². The predicted octanol–water partition coefficient (Wildman–Crippen LogP) is 4.72. The second-order valence-corrected chi connectivity index (χ2v) is 6.97. The maximum atomic E-state index is 12.9. The molecule has 3 rings (SSSR count). The molecule has 0 radical (unpaired) electrons. The highest BCUT2D eigenvalue weighted by Crippen LogP contribution is 2.16. The number of ether oxygens (including phenoxy) is 1. The molecule has 2 N–H and O–H groups in total. The van der Waals surface area contributed by atoms with E-state index in [4.69, 9.17) is 4.74 Å². The Balaban J connectivity index is 1.88. The molecule has 0 saturated heterocycles. The molecule has 0 bridgehead atoms. The normalized spacial score (nSPS) is 11.0. The highest BCUT2D eigenvalue weighted by Gasteiger charge is 2.15. The van der Waals surface area contributed by atoms with Crippen molar-refractivity contribution >= 4 is 23.6 Å². The summed E-state index contributed by atoms with van der Waals surface area (Å²) < 4.78 is 5.17. The number of aryl methyl sites for hydroxylation is 2. The van der Waals surface area contributed by atoms with E-state index in [2.05, 4.69) is 10.6 Å². The Kier molecular flexibility index (Phi) is 6.65. The van der Waals surface area contributed by atoms with Crippen molar-refractivity contribution in [3.63, 3.8) is 0 Å². The fourth-order valence-electron chi connectivity index (χ4n) is 2.84. The van der Waals surface area contributed by atoms with Crippen LogP contribution in [0, 0.1) is 13.8 Å². The van der Waals surface area contributed by atoms with Gasteiger partial charge in [0, 0.05) is 11.3 Å². The second-order valence-electron chi connectivity index (χ2n) is 6.97. The SMILES string of the molecule is COc1ccc(/C=C(\NC(=O)c2cccc(C)c2)C(=O)Nc2ccc(C)cc2)cc1. The number of benzene rings is 3. The van der Waals surface area contributed by atoms with Gasteiger partial charge in [-0.3, -0.25) is 9.59 Å². The molecule has 0 aliphatic carbocycles. The van der Waals surface area contributed by atoms with Crippen LogP contribution in [0.25, 0.3) is 6.08 Å². The van der Waals surface area contributed by atoms with Gasteiger partial charge in [-0.25, -0.2) is 0 Å². The van der Waals surface area contributed by atoms with Crippen LogP contribution in [-0.2, 0) is 4.79 Å². The van der Waals surface area contributed by atoms with E-state index in [0.717, 1.165) is 16.7 Å². The summed E-state index contributed by atoms with van der Waals surface area (Å²) in [5.41, 5.74) is 4.10. The van der Waals surface area contributed by atoms with Crippen molar-refractivity contribution in [3.05, 3.63) is 101 Å². The summed E-state index contributed by atoms with van der Waals surface area (Å²) in [5, 5.41) is 5.58. The van der Waals surface area contributed by atoms with Gasteiger partial charge in [0.05, 0.1) is 7.11 Å². The standard InChI is InChI=1S/C25H24N2O3/c1-17-7-11-21(12-8-17)26-25(29)23(16-19-9-13-22(30-3)14-10-19)27-24(28)20-6-4-5-18(2)15-20/h4-16H,1-3H3,(H,26,29)(H,27,28)/b23-16-. The average molecular weight is 400 g/mol. The topological polar surface area (TPSA) is 67.4 Å². The molecule has 3 aromatic carbocycles. The molecular formula is C25H24N2O3. The fraction of sp³-hybridized carbons (Fsp3) is 0.120. The van der Waals surface area contributed by atoms with E-state index >= 15 is 0 Å². The zero-order chi connectivity index (χ0) is 21.5. The van der Waals surface area contributed by atoms with E-state index in [1.807, 2.05) is 62.4 Å². The van der Waals surface area contributed by atoms with Crippen molar-refractivity contribution in [3.8, 4) is 5.75 Å². The van der Waals surface area contributed by atoms with Crippen LogP contribution in [0.1, 0.15) is 27.0 Å². The Labute approximate surface area is 176 Å². The Morgan fingerprint density at radius 2 is 1.57 bits per heavy atom. The third kappa shape index (κ3) is 5.58. The molecule has 0 saturated carbocycles. The van der Waals surface area contributed by atoms with E-state index in [9.17, 15) is 9.59 Å². The van der Waals surface area contributed by atoms with Crippen molar-refractivity contribution in [2.75, 3.05) is 12.4 Å². The van der Waals surface area contributed by atoms with Crippen LogP contribution in [-0.4, -0.2) is 18.9 Å². The zero-order valence-electron chi connectivity index (χ0n) is 17.2. The summed E-state index contributed by atoms with van der Waals surface area (Å²) >= 11 is 0. The highest BCUT2D eigenvalue weighted by atomic mass is 16.5. The first kappa shape index (κ1) is 20.9. The van der Waals surface area contributed by atoms with Gasteiger partial charge >= 0.3 is 0 Å². The Hall–Kier alpha value is -3.86. The van der Waals surface area contributed by atoms with E-state index in [1.165, 1.54) is 0 Å². The first-order valence-corrected chi connectivity index (χ1v) is 9.56. The third-order valence-electron chi connectivity index (χ3n) is 4.51. The minimum absolute atomic E-state index is 0.146. The van der Waals surface area contributed by atoms with E-state index < -0.39 is 5.91 Å². The minimum Gasteiger partial charge on any atom is -0.497 e. The van der Waals surface area contributed by atoms with Gasteiger partial charge in [0.2, 0.25) is 0 Å². The number of hydrogen-bond donors (Lipinski definition) is 2. The lowest BCUT2D eigenvalue weighted by Gasteiger charge is -2.12. The molecule has 0 atom stereocenters. The molecule has 3 aromatic rings. The van der Waals surface area contributed by atoms with Crippen molar-refractivity contribution in [2.45, 2.75) is 13.8 Å². The molecule has 5 heteroatoms. The van der Waals surface area contributed by atoms with Crippen LogP contribution < -0.4 is 15.4 Å². The quantitative estimate of drug-likeness (QED) is 0.588. The second kappa shape index (κ2) is 9.56. The number of hydrogen-bond acceptors (Lipinski definition) is 3. The number of methoxy groups -OCH3 is 1. The lowest BCUT2D eigenvalue weighted by molar-refractivity contribution is -0.113. The largest absolute Gasteiger partial charge is 0.497 e. The van der Waals surface area contributed by atoms with Gasteiger partial charge in [0.25, 0.3) is 11.8 Å². The van der Waals surface area contributed by atoms with Gasteiger partial charge in [-0.15, -0.1) is 0 Å². The van der Waals surface area contributed by atoms with Gasteiger partial charge in [-0.2, -0.15) is 0 Å². The lowest BCUT2D eigenvalue weighted by Crippen LogP contribution is -2.30. The summed E-state index contributed by atoms with van der Waals surface area (Å²) in [4.78, 5) is 25.7. The van der Waals surface area contributed by atoms with Crippen LogP contribution in [0.2, 0.25) is 0 Å². The summed E-state index contributed by atoms with van der Waals surface area (Å²) in [6.07, 6.45) is 1.64. The smallest absolute Gasteiger partial charge is 0.272 e. The molecule has 0 aliphatic rings. The third-order valence-corrected chi connectivity index (χ3v) is 4.51. The molecule has 152 valence electrons. The number of rotatable bonds is 6. The van der Waals surface area contributed by atoms with Gasteiger partial charge in [0.15, 0.2) is 0 Å². The Morgan fingerprint density at radius 1 is 0.867 bits per heavy atom. The first-order valence-electron chi connectivity index (χ1n) is 9.56. The average Bonchev–Trinajstić information content (AvgIpc) is 2.75. The molecule has 0 heterocycles. The maximum Gasteiger partial charge on any atom is 0.272 e. The number of carbonyl (C=O) groups excluding carboxylic acids is 2. The number of amides is 2. The van der Waals surface area contributed by atoms with Gasteiger partial charge in [-0.05, 0) is 61.9 Å². The van der Waals surface area contributed by atoms with Gasteiger partial charge in [0.1, 0.15) is 11.4 Å². The summed E-state index contributed by atoms with van der Waals surface area (Å²) in [6, 6.07) is 21.9. The number of anilines is 1. The molecule has 0 aromatic heterocycles. The fourth-order valence-corrected chi connectivity index (χ4v) is 2.84. The molecule has 0 aliphatic heterocycles. The maximum absolute atomic E-state index is 12.9. The molecule has 0 fully saturated rings.